The highest BCUT2D eigenvalue weighted by Crippen LogP contribution is 2.27. The molecular weight excluding hydrogens is 409 g/mol. The summed E-state index contributed by atoms with van der Waals surface area (Å²) < 4.78 is 19.8. The predicted octanol–water partition coefficient (Wildman–Crippen LogP) is 2.74. The molecule has 1 aromatic rings. The molecule has 30 heavy (non-hydrogen) atoms. The van der Waals surface area contributed by atoms with Crippen LogP contribution in [0.3, 0.4) is 0 Å². The van der Waals surface area contributed by atoms with Crippen LogP contribution in [-0.2, 0) is 0 Å². The van der Waals surface area contributed by atoms with Gasteiger partial charge in [0.25, 0.3) is 5.91 Å². The van der Waals surface area contributed by atoms with Gasteiger partial charge >= 0.3 is 0 Å². The average molecular weight is 432 g/mol. The Bertz CT molecular complexity index is 968. The summed E-state index contributed by atoms with van der Waals surface area (Å²) in [5.41, 5.74) is 1.22. The van der Waals surface area contributed by atoms with Gasteiger partial charge in [-0.2, -0.15) is 0 Å². The molecule has 3 aliphatic heterocycles. The van der Waals surface area contributed by atoms with Crippen LogP contribution in [0.1, 0.15) is 23.7 Å². The number of allylic oxidation sites excluding steroid dienone is 1. The Kier molecular flexibility index (Phi) is 5.87. The van der Waals surface area contributed by atoms with Gasteiger partial charge < -0.3 is 20.4 Å². The molecule has 0 radical (unpaired) electrons. The van der Waals surface area contributed by atoms with Crippen LogP contribution >= 0.6 is 11.6 Å². The molecule has 7 nitrogen and oxygen atoms in total. The summed E-state index contributed by atoms with van der Waals surface area (Å²) in [5.74, 6) is -0.00538. The van der Waals surface area contributed by atoms with E-state index in [1.807, 2.05) is 0 Å². The molecule has 0 saturated carbocycles. The molecule has 0 bridgehead atoms. The maximum absolute atomic E-state index is 13.9. The number of amides is 1. The van der Waals surface area contributed by atoms with Crippen LogP contribution in [0.15, 0.2) is 45.8 Å². The Balaban J connectivity index is 1.49. The second kappa shape index (κ2) is 8.57. The van der Waals surface area contributed by atoms with Crippen molar-refractivity contribution in [1.29, 1.82) is 5.41 Å². The van der Waals surface area contributed by atoms with E-state index in [0.29, 0.717) is 27.7 Å². The molecule has 3 heterocycles. The van der Waals surface area contributed by atoms with Crippen LogP contribution in [0, 0.1) is 11.2 Å². The van der Waals surface area contributed by atoms with E-state index in [1.54, 1.807) is 6.20 Å². The van der Waals surface area contributed by atoms with Crippen molar-refractivity contribution in [3.63, 3.8) is 0 Å². The fourth-order valence-corrected chi connectivity index (χ4v) is 3.81. The number of ether oxygens (including phenoxy) is 1. The molecule has 0 unspecified atom stereocenters. The molecule has 0 spiro atoms. The summed E-state index contributed by atoms with van der Waals surface area (Å²) in [7, 11) is 0. The molecule has 158 valence electrons. The summed E-state index contributed by atoms with van der Waals surface area (Å²) >= 11 is 5.86. The van der Waals surface area contributed by atoms with E-state index in [4.69, 9.17) is 21.7 Å². The third-order valence-corrected chi connectivity index (χ3v) is 5.44. The van der Waals surface area contributed by atoms with Crippen LogP contribution in [0.4, 0.5) is 4.39 Å². The number of benzene rings is 1. The Morgan fingerprint density at radius 2 is 2.20 bits per heavy atom. The molecule has 4 rings (SSSR count). The minimum Gasteiger partial charge on any atom is -0.487 e. The number of carbonyl (C=O) groups is 1. The van der Waals surface area contributed by atoms with E-state index in [2.05, 4.69) is 22.1 Å². The molecule has 0 aliphatic carbocycles. The lowest BCUT2D eigenvalue weighted by molar-refractivity contribution is 0.0193. The quantitative estimate of drug-likeness (QED) is 0.751. The van der Waals surface area contributed by atoms with Gasteiger partial charge in [-0.25, -0.2) is 9.38 Å². The molecule has 2 N–H and O–H groups in total. The Labute approximate surface area is 179 Å². The molecule has 2 saturated heterocycles. The van der Waals surface area contributed by atoms with Crippen LogP contribution in [-0.4, -0.2) is 66.5 Å². The monoisotopic (exact) mass is 431 g/mol. The molecule has 9 heteroatoms. The van der Waals surface area contributed by atoms with Crippen LogP contribution in [0.25, 0.3) is 0 Å². The number of hydrogen-bond acceptors (Lipinski definition) is 6. The normalized spacial score (nSPS) is 22.0. The number of aliphatic imine (C=N–C) groups is 1. The molecule has 1 aromatic carbocycles. The van der Waals surface area contributed by atoms with Gasteiger partial charge in [0.15, 0.2) is 0 Å². The van der Waals surface area contributed by atoms with E-state index >= 15 is 0 Å². The number of hydrogen-bond donors (Lipinski definition) is 2. The van der Waals surface area contributed by atoms with Crippen molar-refractivity contribution in [2.75, 3.05) is 32.7 Å². The average Bonchev–Trinajstić information content (AvgIpc) is 3.08. The zero-order valence-corrected chi connectivity index (χ0v) is 17.4. The third kappa shape index (κ3) is 4.24. The zero-order chi connectivity index (χ0) is 21.3. The largest absolute Gasteiger partial charge is 0.487 e. The Morgan fingerprint density at radius 3 is 2.90 bits per heavy atom. The summed E-state index contributed by atoms with van der Waals surface area (Å²) in [6.45, 7) is 5.03. The van der Waals surface area contributed by atoms with Gasteiger partial charge in [-0.15, -0.1) is 0 Å². The molecule has 2 fully saturated rings. The number of halogens is 2. The van der Waals surface area contributed by atoms with Crippen molar-refractivity contribution in [2.45, 2.75) is 19.4 Å². The first-order chi connectivity index (χ1) is 14.4. The summed E-state index contributed by atoms with van der Waals surface area (Å²) in [6, 6.07) is 3.96. The first kappa shape index (κ1) is 20.6. The van der Waals surface area contributed by atoms with Crippen LogP contribution in [0.2, 0.25) is 0 Å². The van der Waals surface area contributed by atoms with Crippen molar-refractivity contribution in [1.82, 2.24) is 15.1 Å². The standard InChI is InChI=1S/C21H23ClFN5O2/c1-2-5-27-9-15(10-27)30-19-6-14(23)3-4-16(19)21(29)28-11-17(18(24)12-28)20-25-7-13(22)8-26-20/h3-4,6-8,15,24-25H,2,5,9-12H2,1H3/b20-17+,24-18?. The first-order valence-electron chi connectivity index (χ1n) is 9.89. The molecule has 1 amide bonds. The van der Waals surface area contributed by atoms with Crippen molar-refractivity contribution >= 4 is 29.4 Å². The van der Waals surface area contributed by atoms with E-state index in [1.165, 1.54) is 29.3 Å². The van der Waals surface area contributed by atoms with Crippen molar-refractivity contribution in [3.8, 4) is 5.75 Å². The SMILES string of the molecule is CCCN1CC(Oc2cc(F)ccc2C(=O)N2CC(=N)/C(=C3/N=CC(Cl)=CN3)C2)C1. The fraction of sp³-hybridized carbons (Fsp3) is 0.381. The minimum atomic E-state index is -0.451. The van der Waals surface area contributed by atoms with Crippen molar-refractivity contribution in [3.05, 3.63) is 52.2 Å². The van der Waals surface area contributed by atoms with E-state index in [9.17, 15) is 9.18 Å². The number of nitrogens with one attached hydrogen (secondary N) is 2. The lowest BCUT2D eigenvalue weighted by atomic mass is 10.1. The van der Waals surface area contributed by atoms with Gasteiger partial charge in [0.2, 0.25) is 0 Å². The highest BCUT2D eigenvalue weighted by molar-refractivity contribution is 6.39. The lowest BCUT2D eigenvalue weighted by Gasteiger charge is -2.39. The highest BCUT2D eigenvalue weighted by atomic mass is 35.5. The summed E-state index contributed by atoms with van der Waals surface area (Å²) in [5, 5.41) is 11.7. The number of rotatable bonds is 5. The second-order valence-electron chi connectivity index (χ2n) is 7.54. The van der Waals surface area contributed by atoms with E-state index < -0.39 is 5.82 Å². The molecule has 3 aliphatic rings. The van der Waals surface area contributed by atoms with E-state index in [0.717, 1.165) is 26.1 Å². The van der Waals surface area contributed by atoms with E-state index in [-0.39, 0.29) is 30.9 Å². The maximum atomic E-state index is 13.9. The van der Waals surface area contributed by atoms with Gasteiger partial charge in [-0.05, 0) is 25.1 Å². The van der Waals surface area contributed by atoms with Crippen LogP contribution < -0.4 is 10.1 Å². The predicted molar refractivity (Wildman–Crippen MR) is 114 cm³/mol. The van der Waals surface area contributed by atoms with Crippen molar-refractivity contribution < 1.29 is 13.9 Å². The highest BCUT2D eigenvalue weighted by Gasteiger charge is 2.33. The van der Waals surface area contributed by atoms with Gasteiger partial charge in [0, 0.05) is 37.1 Å². The smallest absolute Gasteiger partial charge is 0.258 e. The minimum absolute atomic E-state index is 0.0585. The third-order valence-electron chi connectivity index (χ3n) is 5.23. The Hall–Kier alpha value is -2.71. The molecule has 0 aromatic heterocycles. The first-order valence-corrected chi connectivity index (χ1v) is 10.3. The topological polar surface area (TPSA) is 81.0 Å². The lowest BCUT2D eigenvalue weighted by Crippen LogP contribution is -2.53. The maximum Gasteiger partial charge on any atom is 0.258 e. The summed E-state index contributed by atoms with van der Waals surface area (Å²) in [4.78, 5) is 21.2. The van der Waals surface area contributed by atoms with Crippen molar-refractivity contribution in [2.24, 2.45) is 4.99 Å². The Morgan fingerprint density at radius 1 is 1.40 bits per heavy atom. The molecular formula is C21H23ClFN5O2. The molecule has 0 atom stereocenters. The van der Waals surface area contributed by atoms with Gasteiger partial charge in [-0.3, -0.25) is 9.69 Å². The fourth-order valence-electron chi connectivity index (χ4n) is 3.71. The zero-order valence-electron chi connectivity index (χ0n) is 16.6. The number of likely N-dealkylation sites (tertiary alicyclic amines) is 2. The van der Waals surface area contributed by atoms with Gasteiger partial charge in [0.05, 0.1) is 29.4 Å². The number of nitrogens with zero attached hydrogens (tertiary/aromatic N) is 3. The van der Waals surface area contributed by atoms with Crippen LogP contribution in [0.5, 0.6) is 5.75 Å². The van der Waals surface area contributed by atoms with Gasteiger partial charge in [0.1, 0.15) is 23.5 Å². The van der Waals surface area contributed by atoms with Gasteiger partial charge in [-0.1, -0.05) is 18.5 Å². The number of carbonyl (C=O) groups excluding carboxylic acids is 1. The summed E-state index contributed by atoms with van der Waals surface area (Å²) in [6.07, 6.45) is 4.08. The second-order valence-corrected chi connectivity index (χ2v) is 7.98.